The third-order valence-electron chi connectivity index (χ3n) is 3.24. The summed E-state index contributed by atoms with van der Waals surface area (Å²) >= 11 is 0. The second-order valence-electron chi connectivity index (χ2n) is 3.77. The SMILES string of the molecule is CCC1(C2=CC=CC2)C=CCC1. The van der Waals surface area contributed by atoms with Crippen LogP contribution in [0.2, 0.25) is 0 Å². The molecule has 0 heterocycles. The summed E-state index contributed by atoms with van der Waals surface area (Å²) in [5.74, 6) is 0. The van der Waals surface area contributed by atoms with Gasteiger partial charge in [-0.15, -0.1) is 0 Å². The molecule has 0 N–H and O–H groups in total. The lowest BCUT2D eigenvalue weighted by atomic mass is 9.77. The largest absolute Gasteiger partial charge is 0.0876 e. The molecule has 2 aliphatic rings. The van der Waals surface area contributed by atoms with Crippen LogP contribution in [0.25, 0.3) is 0 Å². The van der Waals surface area contributed by atoms with E-state index in [9.17, 15) is 0 Å². The molecule has 0 aliphatic heterocycles. The molecule has 0 fully saturated rings. The van der Waals surface area contributed by atoms with Crippen molar-refractivity contribution in [2.24, 2.45) is 5.41 Å². The van der Waals surface area contributed by atoms with Gasteiger partial charge < -0.3 is 0 Å². The topological polar surface area (TPSA) is 0 Å². The second kappa shape index (κ2) is 2.93. The minimum absolute atomic E-state index is 0.434. The van der Waals surface area contributed by atoms with Gasteiger partial charge in [-0.2, -0.15) is 0 Å². The fourth-order valence-corrected chi connectivity index (χ4v) is 2.34. The van der Waals surface area contributed by atoms with E-state index in [4.69, 9.17) is 0 Å². The molecule has 0 saturated heterocycles. The molecule has 0 aromatic carbocycles. The molecule has 1 unspecified atom stereocenters. The van der Waals surface area contributed by atoms with E-state index in [-0.39, 0.29) is 0 Å². The van der Waals surface area contributed by atoms with Crippen molar-refractivity contribution in [3.63, 3.8) is 0 Å². The van der Waals surface area contributed by atoms with E-state index in [0.29, 0.717) is 5.41 Å². The zero-order valence-corrected chi connectivity index (χ0v) is 7.72. The standard InChI is InChI=1S/C12H16/c1-2-12(9-5-6-10-12)11-7-3-4-8-11/h3-5,7,9H,2,6,8,10H2,1H3. The maximum atomic E-state index is 2.42. The second-order valence-corrected chi connectivity index (χ2v) is 3.77. The van der Waals surface area contributed by atoms with E-state index in [2.05, 4.69) is 37.3 Å². The van der Waals surface area contributed by atoms with Crippen molar-refractivity contribution in [3.05, 3.63) is 36.0 Å². The smallest absolute Gasteiger partial charge is 0.00973 e. The Morgan fingerprint density at radius 1 is 1.42 bits per heavy atom. The number of hydrogen-bond acceptors (Lipinski definition) is 0. The Hall–Kier alpha value is -0.780. The molecule has 2 rings (SSSR count). The number of allylic oxidation sites excluding steroid dienone is 6. The van der Waals surface area contributed by atoms with Crippen LogP contribution < -0.4 is 0 Å². The lowest BCUT2D eigenvalue weighted by Gasteiger charge is -2.27. The predicted molar refractivity (Wildman–Crippen MR) is 52.9 cm³/mol. The van der Waals surface area contributed by atoms with Crippen molar-refractivity contribution in [2.75, 3.05) is 0 Å². The molecule has 0 amide bonds. The first-order chi connectivity index (χ1) is 5.87. The van der Waals surface area contributed by atoms with Crippen molar-refractivity contribution in [1.29, 1.82) is 0 Å². The minimum atomic E-state index is 0.434. The van der Waals surface area contributed by atoms with Crippen molar-refractivity contribution in [1.82, 2.24) is 0 Å². The van der Waals surface area contributed by atoms with Crippen LogP contribution in [0.4, 0.5) is 0 Å². The van der Waals surface area contributed by atoms with Crippen LogP contribution >= 0.6 is 0 Å². The molecule has 2 aliphatic carbocycles. The normalized spacial score (nSPS) is 32.9. The molecule has 0 spiro atoms. The van der Waals surface area contributed by atoms with Gasteiger partial charge >= 0.3 is 0 Å². The lowest BCUT2D eigenvalue weighted by molar-refractivity contribution is 0.428. The fraction of sp³-hybridized carbons (Fsp3) is 0.500. The number of rotatable bonds is 2. The quantitative estimate of drug-likeness (QED) is 0.541. The minimum Gasteiger partial charge on any atom is -0.0876 e. The summed E-state index contributed by atoms with van der Waals surface area (Å²) in [6, 6.07) is 0. The predicted octanol–water partition coefficient (Wildman–Crippen LogP) is 3.62. The van der Waals surface area contributed by atoms with E-state index >= 15 is 0 Å². The fourth-order valence-electron chi connectivity index (χ4n) is 2.34. The highest BCUT2D eigenvalue weighted by molar-refractivity contribution is 5.34. The van der Waals surface area contributed by atoms with Gasteiger partial charge in [0.05, 0.1) is 0 Å². The molecule has 0 nitrogen and oxygen atoms in total. The highest BCUT2D eigenvalue weighted by Gasteiger charge is 2.31. The van der Waals surface area contributed by atoms with E-state index in [0.717, 1.165) is 0 Å². The van der Waals surface area contributed by atoms with Crippen LogP contribution in [0, 0.1) is 5.41 Å². The van der Waals surface area contributed by atoms with Gasteiger partial charge in [-0.1, -0.05) is 42.9 Å². The first kappa shape index (κ1) is 7.85. The molecular formula is C12H16. The Morgan fingerprint density at radius 3 is 2.83 bits per heavy atom. The summed E-state index contributed by atoms with van der Waals surface area (Å²) in [7, 11) is 0. The van der Waals surface area contributed by atoms with Gasteiger partial charge in [0.25, 0.3) is 0 Å². The van der Waals surface area contributed by atoms with Gasteiger partial charge in [0.1, 0.15) is 0 Å². The molecule has 0 bridgehead atoms. The first-order valence-corrected chi connectivity index (χ1v) is 4.91. The Labute approximate surface area is 74.7 Å². The van der Waals surface area contributed by atoms with Crippen molar-refractivity contribution in [3.8, 4) is 0 Å². The maximum Gasteiger partial charge on any atom is 0.00973 e. The van der Waals surface area contributed by atoms with Crippen LogP contribution in [0.3, 0.4) is 0 Å². The van der Waals surface area contributed by atoms with Crippen LogP contribution in [-0.4, -0.2) is 0 Å². The Bertz CT molecular complexity index is 255. The van der Waals surface area contributed by atoms with Crippen LogP contribution in [-0.2, 0) is 0 Å². The summed E-state index contributed by atoms with van der Waals surface area (Å²) in [6.07, 6.45) is 16.6. The highest BCUT2D eigenvalue weighted by atomic mass is 14.4. The molecular weight excluding hydrogens is 144 g/mol. The molecule has 1 atom stereocenters. The van der Waals surface area contributed by atoms with E-state index < -0.39 is 0 Å². The Balaban J connectivity index is 2.23. The molecule has 64 valence electrons. The average Bonchev–Trinajstić information content (AvgIpc) is 2.76. The molecule has 0 saturated carbocycles. The number of hydrogen-bond donors (Lipinski definition) is 0. The molecule has 0 aromatic rings. The molecule has 0 heteroatoms. The van der Waals surface area contributed by atoms with Gasteiger partial charge in [0, 0.05) is 5.41 Å². The summed E-state index contributed by atoms with van der Waals surface area (Å²) in [4.78, 5) is 0. The Kier molecular flexibility index (Phi) is 1.92. The molecule has 0 radical (unpaired) electrons. The molecule has 12 heavy (non-hydrogen) atoms. The van der Waals surface area contributed by atoms with Crippen LogP contribution in [0.5, 0.6) is 0 Å². The van der Waals surface area contributed by atoms with Gasteiger partial charge in [0.2, 0.25) is 0 Å². The van der Waals surface area contributed by atoms with Gasteiger partial charge in [-0.05, 0) is 25.7 Å². The van der Waals surface area contributed by atoms with Gasteiger partial charge in [-0.25, -0.2) is 0 Å². The molecule has 0 aromatic heterocycles. The van der Waals surface area contributed by atoms with Crippen LogP contribution in [0.1, 0.15) is 32.6 Å². The first-order valence-electron chi connectivity index (χ1n) is 4.91. The zero-order valence-electron chi connectivity index (χ0n) is 7.72. The van der Waals surface area contributed by atoms with E-state index in [1.807, 2.05) is 0 Å². The summed E-state index contributed by atoms with van der Waals surface area (Å²) in [5.41, 5.74) is 2.06. The zero-order chi connectivity index (χ0) is 8.44. The van der Waals surface area contributed by atoms with Crippen molar-refractivity contribution >= 4 is 0 Å². The third kappa shape index (κ3) is 1.06. The van der Waals surface area contributed by atoms with Crippen molar-refractivity contribution in [2.45, 2.75) is 32.6 Å². The van der Waals surface area contributed by atoms with E-state index in [1.165, 1.54) is 25.7 Å². The monoisotopic (exact) mass is 160 g/mol. The third-order valence-corrected chi connectivity index (χ3v) is 3.24. The average molecular weight is 160 g/mol. The highest BCUT2D eigenvalue weighted by Crippen LogP contribution is 2.44. The van der Waals surface area contributed by atoms with Gasteiger partial charge in [-0.3, -0.25) is 0 Å². The lowest BCUT2D eigenvalue weighted by Crippen LogP contribution is -2.15. The van der Waals surface area contributed by atoms with Gasteiger partial charge in [0.15, 0.2) is 0 Å². The summed E-state index contributed by atoms with van der Waals surface area (Å²) in [6.45, 7) is 2.30. The van der Waals surface area contributed by atoms with Crippen LogP contribution in [0.15, 0.2) is 36.0 Å². The maximum absolute atomic E-state index is 2.42. The Morgan fingerprint density at radius 2 is 2.33 bits per heavy atom. The summed E-state index contributed by atoms with van der Waals surface area (Å²) < 4.78 is 0. The summed E-state index contributed by atoms with van der Waals surface area (Å²) in [5, 5.41) is 0. The van der Waals surface area contributed by atoms with Crippen molar-refractivity contribution < 1.29 is 0 Å². The van der Waals surface area contributed by atoms with E-state index in [1.54, 1.807) is 5.57 Å².